The van der Waals surface area contributed by atoms with Crippen molar-refractivity contribution < 1.29 is 4.79 Å². The van der Waals surface area contributed by atoms with Gasteiger partial charge in [0.05, 0.1) is 17.6 Å². The Hall–Kier alpha value is -2.77. The standard InChI is InChI=1S/C19H16ClN3O/c1-2-13-23-17-6-4-3-5-16(17)22-18(23)11-12-21-19(24)14-7-9-15(20)10-8-14/h1,3-10H,11-13H2,(H,21,24). The molecule has 24 heavy (non-hydrogen) atoms. The van der Waals surface area contributed by atoms with Crippen molar-refractivity contribution in [3.05, 3.63) is 64.9 Å². The van der Waals surface area contributed by atoms with E-state index in [0.29, 0.717) is 30.1 Å². The molecule has 0 aliphatic carbocycles. The number of rotatable bonds is 5. The molecule has 120 valence electrons. The summed E-state index contributed by atoms with van der Waals surface area (Å²) >= 11 is 5.83. The molecule has 0 saturated carbocycles. The molecule has 3 rings (SSSR count). The van der Waals surface area contributed by atoms with Crippen molar-refractivity contribution >= 4 is 28.5 Å². The van der Waals surface area contributed by atoms with E-state index in [1.165, 1.54) is 0 Å². The summed E-state index contributed by atoms with van der Waals surface area (Å²) in [4.78, 5) is 16.7. The molecular formula is C19H16ClN3O. The van der Waals surface area contributed by atoms with Gasteiger partial charge in [-0.25, -0.2) is 4.98 Å². The minimum Gasteiger partial charge on any atom is -0.352 e. The van der Waals surface area contributed by atoms with E-state index in [1.807, 2.05) is 28.8 Å². The molecule has 4 nitrogen and oxygen atoms in total. The quantitative estimate of drug-likeness (QED) is 0.726. The number of carbonyl (C=O) groups is 1. The summed E-state index contributed by atoms with van der Waals surface area (Å²) in [6, 6.07) is 14.7. The molecule has 1 N–H and O–H groups in total. The monoisotopic (exact) mass is 337 g/mol. The Morgan fingerprint density at radius 3 is 2.71 bits per heavy atom. The van der Waals surface area contributed by atoms with Gasteiger partial charge in [0, 0.05) is 23.6 Å². The van der Waals surface area contributed by atoms with Crippen molar-refractivity contribution in [2.24, 2.45) is 0 Å². The lowest BCUT2D eigenvalue weighted by atomic mass is 10.2. The Bertz CT molecular complexity index is 907. The molecule has 2 aromatic carbocycles. The molecule has 0 fully saturated rings. The van der Waals surface area contributed by atoms with E-state index in [0.717, 1.165) is 16.9 Å². The first kappa shape index (κ1) is 16.1. The fraction of sp³-hybridized carbons (Fsp3) is 0.158. The molecule has 1 aromatic heterocycles. The average molecular weight is 338 g/mol. The lowest BCUT2D eigenvalue weighted by Crippen LogP contribution is -2.26. The zero-order valence-electron chi connectivity index (χ0n) is 13.0. The maximum absolute atomic E-state index is 12.1. The van der Waals surface area contributed by atoms with Crippen molar-refractivity contribution in [2.45, 2.75) is 13.0 Å². The van der Waals surface area contributed by atoms with Gasteiger partial charge < -0.3 is 9.88 Å². The van der Waals surface area contributed by atoms with Gasteiger partial charge in [0.15, 0.2) is 0 Å². The van der Waals surface area contributed by atoms with Gasteiger partial charge in [-0.3, -0.25) is 4.79 Å². The number of aromatic nitrogens is 2. The maximum Gasteiger partial charge on any atom is 0.251 e. The van der Waals surface area contributed by atoms with E-state index in [4.69, 9.17) is 18.0 Å². The molecule has 0 spiro atoms. The number of para-hydroxylation sites is 2. The summed E-state index contributed by atoms with van der Waals surface area (Å²) in [5.74, 6) is 3.39. The van der Waals surface area contributed by atoms with Gasteiger partial charge in [-0.1, -0.05) is 29.7 Å². The number of halogens is 1. The summed E-state index contributed by atoms with van der Waals surface area (Å²) < 4.78 is 2.00. The Morgan fingerprint density at radius 1 is 1.21 bits per heavy atom. The fourth-order valence-corrected chi connectivity index (χ4v) is 2.70. The number of amides is 1. The zero-order valence-corrected chi connectivity index (χ0v) is 13.8. The van der Waals surface area contributed by atoms with Gasteiger partial charge in [0.2, 0.25) is 0 Å². The van der Waals surface area contributed by atoms with Gasteiger partial charge >= 0.3 is 0 Å². The Labute approximate surface area is 145 Å². The summed E-state index contributed by atoms with van der Waals surface area (Å²) in [7, 11) is 0. The van der Waals surface area contributed by atoms with Crippen LogP contribution in [0, 0.1) is 12.3 Å². The summed E-state index contributed by atoms with van der Waals surface area (Å²) in [6.45, 7) is 0.941. The average Bonchev–Trinajstić information content (AvgIpc) is 2.94. The smallest absolute Gasteiger partial charge is 0.251 e. The molecule has 1 amide bonds. The van der Waals surface area contributed by atoms with E-state index in [-0.39, 0.29) is 5.91 Å². The Kier molecular flexibility index (Phi) is 4.83. The van der Waals surface area contributed by atoms with Crippen LogP contribution in [0.1, 0.15) is 16.2 Å². The van der Waals surface area contributed by atoms with Crippen LogP contribution in [0.4, 0.5) is 0 Å². The van der Waals surface area contributed by atoms with Crippen LogP contribution >= 0.6 is 11.6 Å². The lowest BCUT2D eigenvalue weighted by Gasteiger charge is -2.07. The van der Waals surface area contributed by atoms with Crippen LogP contribution in [0.25, 0.3) is 11.0 Å². The number of terminal acetylenes is 1. The van der Waals surface area contributed by atoms with Crippen molar-refractivity contribution in [1.29, 1.82) is 0 Å². The van der Waals surface area contributed by atoms with Gasteiger partial charge in [0.25, 0.3) is 5.91 Å². The lowest BCUT2D eigenvalue weighted by molar-refractivity contribution is 0.0954. The van der Waals surface area contributed by atoms with Gasteiger partial charge in [-0.2, -0.15) is 0 Å². The second kappa shape index (κ2) is 7.20. The van der Waals surface area contributed by atoms with E-state index in [1.54, 1.807) is 24.3 Å². The van der Waals surface area contributed by atoms with E-state index in [2.05, 4.69) is 16.2 Å². The predicted octanol–water partition coefficient (Wildman–Crippen LogP) is 3.30. The molecule has 0 unspecified atom stereocenters. The van der Waals surface area contributed by atoms with Crippen molar-refractivity contribution in [3.63, 3.8) is 0 Å². The number of fused-ring (bicyclic) bond motifs is 1. The number of hydrogen-bond acceptors (Lipinski definition) is 2. The number of benzene rings is 2. The maximum atomic E-state index is 12.1. The molecule has 0 aliphatic rings. The third kappa shape index (κ3) is 3.42. The van der Waals surface area contributed by atoms with Crippen LogP contribution in [-0.4, -0.2) is 22.0 Å². The second-order valence-corrected chi connectivity index (χ2v) is 5.76. The van der Waals surface area contributed by atoms with Crippen molar-refractivity contribution in [3.8, 4) is 12.3 Å². The first-order valence-electron chi connectivity index (χ1n) is 7.60. The van der Waals surface area contributed by atoms with Crippen molar-refractivity contribution in [1.82, 2.24) is 14.9 Å². The number of nitrogens with zero attached hydrogens (tertiary/aromatic N) is 2. The molecule has 0 bridgehead atoms. The normalized spacial score (nSPS) is 10.5. The molecule has 3 aromatic rings. The molecule has 0 saturated heterocycles. The summed E-state index contributed by atoms with van der Waals surface area (Å²) in [5.41, 5.74) is 2.50. The summed E-state index contributed by atoms with van der Waals surface area (Å²) in [6.07, 6.45) is 6.07. The highest BCUT2D eigenvalue weighted by atomic mass is 35.5. The Morgan fingerprint density at radius 2 is 1.96 bits per heavy atom. The molecule has 0 aliphatic heterocycles. The van der Waals surface area contributed by atoms with E-state index < -0.39 is 0 Å². The van der Waals surface area contributed by atoms with Gasteiger partial charge in [0.1, 0.15) is 5.82 Å². The second-order valence-electron chi connectivity index (χ2n) is 5.32. The minimum absolute atomic E-state index is 0.133. The largest absolute Gasteiger partial charge is 0.352 e. The van der Waals surface area contributed by atoms with Crippen LogP contribution in [0.5, 0.6) is 0 Å². The van der Waals surface area contributed by atoms with Crippen LogP contribution < -0.4 is 5.32 Å². The van der Waals surface area contributed by atoms with Crippen LogP contribution in [0.3, 0.4) is 0 Å². The predicted molar refractivity (Wildman–Crippen MR) is 96.1 cm³/mol. The first-order valence-corrected chi connectivity index (χ1v) is 7.98. The van der Waals surface area contributed by atoms with Crippen LogP contribution in [0.2, 0.25) is 5.02 Å². The van der Waals surface area contributed by atoms with Crippen molar-refractivity contribution in [2.75, 3.05) is 6.54 Å². The van der Waals surface area contributed by atoms with Gasteiger partial charge in [-0.15, -0.1) is 6.42 Å². The van der Waals surface area contributed by atoms with E-state index >= 15 is 0 Å². The Balaban J connectivity index is 1.69. The minimum atomic E-state index is -0.133. The highest BCUT2D eigenvalue weighted by Crippen LogP contribution is 2.16. The molecule has 0 radical (unpaired) electrons. The topological polar surface area (TPSA) is 46.9 Å². The molecular weight excluding hydrogens is 322 g/mol. The molecule has 1 heterocycles. The van der Waals surface area contributed by atoms with E-state index in [9.17, 15) is 4.79 Å². The highest BCUT2D eigenvalue weighted by Gasteiger charge is 2.10. The van der Waals surface area contributed by atoms with Gasteiger partial charge in [-0.05, 0) is 36.4 Å². The molecule has 0 atom stereocenters. The van der Waals surface area contributed by atoms with Crippen LogP contribution in [-0.2, 0) is 13.0 Å². The first-order chi connectivity index (χ1) is 11.7. The number of nitrogens with one attached hydrogen (secondary N) is 1. The number of hydrogen-bond donors (Lipinski definition) is 1. The zero-order chi connectivity index (χ0) is 16.9. The highest BCUT2D eigenvalue weighted by molar-refractivity contribution is 6.30. The summed E-state index contributed by atoms with van der Waals surface area (Å²) in [5, 5.41) is 3.50. The van der Waals surface area contributed by atoms with Crippen LogP contribution in [0.15, 0.2) is 48.5 Å². The third-order valence-electron chi connectivity index (χ3n) is 3.72. The number of imidazole rings is 1. The third-order valence-corrected chi connectivity index (χ3v) is 3.98. The SMILES string of the molecule is C#CCn1c(CCNC(=O)c2ccc(Cl)cc2)nc2ccccc21. The number of carbonyl (C=O) groups excluding carboxylic acids is 1. The molecule has 5 heteroatoms. The fourth-order valence-electron chi connectivity index (χ4n) is 2.58.